The van der Waals surface area contributed by atoms with E-state index in [1.807, 2.05) is 91.0 Å². The van der Waals surface area contributed by atoms with Crippen LogP contribution in [0.3, 0.4) is 0 Å². The van der Waals surface area contributed by atoms with E-state index >= 15 is 0 Å². The molecule has 4 heteroatoms. The molecule has 1 aliphatic rings. The highest BCUT2D eigenvalue weighted by Gasteiger charge is 2.58. The van der Waals surface area contributed by atoms with Gasteiger partial charge in [-0.25, -0.2) is 0 Å². The van der Waals surface area contributed by atoms with Crippen molar-refractivity contribution in [3.8, 4) is 0 Å². The van der Waals surface area contributed by atoms with Crippen molar-refractivity contribution >= 4 is 16.7 Å². The highest BCUT2D eigenvalue weighted by atomic mass is 16.6. The maximum atomic E-state index is 12.3. The topological polar surface area (TPSA) is 66.8 Å². The first-order valence-corrected chi connectivity index (χ1v) is 11.2. The summed E-state index contributed by atoms with van der Waals surface area (Å²) in [6.45, 7) is 0.250. The molecule has 3 unspecified atom stereocenters. The third-order valence-electron chi connectivity index (χ3n) is 6.88. The summed E-state index contributed by atoms with van der Waals surface area (Å²) in [7, 11) is 0. The first-order valence-electron chi connectivity index (χ1n) is 11.2. The van der Waals surface area contributed by atoms with Gasteiger partial charge in [-0.15, -0.1) is 0 Å². The van der Waals surface area contributed by atoms with Crippen LogP contribution in [0.4, 0.5) is 0 Å². The van der Waals surface area contributed by atoms with Crippen LogP contribution in [-0.4, -0.2) is 22.5 Å². The van der Waals surface area contributed by atoms with E-state index in [2.05, 4.69) is 12.1 Å². The molecule has 1 fully saturated rings. The third-order valence-corrected chi connectivity index (χ3v) is 6.88. The molecule has 0 heterocycles. The summed E-state index contributed by atoms with van der Waals surface area (Å²) >= 11 is 0. The standard InChI is InChI=1S/C29H26O4/c30-28(31)26-24(20-11-3-1-4-12-20)27(25(26)21-13-5-2-6-14-21)29(32)33-18-22-16-9-15-19-10-7-8-17-23(19)22/h1-17,24-27,29,32H,18H2,(H,30,31)/t24-,25?,26?,27?,29-/m1/s1. The van der Waals surface area contributed by atoms with E-state index in [1.54, 1.807) is 0 Å². The minimum absolute atomic E-state index is 0.250. The zero-order valence-corrected chi connectivity index (χ0v) is 18.1. The van der Waals surface area contributed by atoms with Gasteiger partial charge in [0, 0.05) is 17.8 Å². The Labute approximate surface area is 193 Å². The number of aliphatic hydroxyl groups is 1. The summed E-state index contributed by atoms with van der Waals surface area (Å²) in [4.78, 5) is 12.3. The molecule has 0 radical (unpaired) electrons. The third kappa shape index (κ3) is 4.04. The number of carboxylic acid groups (broad SMARTS) is 1. The van der Waals surface area contributed by atoms with E-state index in [0.29, 0.717) is 0 Å². The summed E-state index contributed by atoms with van der Waals surface area (Å²) in [5, 5.41) is 23.6. The van der Waals surface area contributed by atoms with Gasteiger partial charge in [-0.05, 0) is 27.5 Å². The lowest BCUT2D eigenvalue weighted by atomic mass is 9.52. The van der Waals surface area contributed by atoms with Gasteiger partial charge in [0.2, 0.25) is 0 Å². The number of carboxylic acids is 1. The van der Waals surface area contributed by atoms with Gasteiger partial charge in [0.05, 0.1) is 12.5 Å². The van der Waals surface area contributed by atoms with E-state index < -0.39 is 18.2 Å². The van der Waals surface area contributed by atoms with Crippen molar-refractivity contribution < 1.29 is 19.7 Å². The normalized spacial score (nSPS) is 23.1. The number of aliphatic carboxylic acids is 1. The van der Waals surface area contributed by atoms with Gasteiger partial charge in [-0.1, -0.05) is 103 Å². The zero-order chi connectivity index (χ0) is 22.8. The van der Waals surface area contributed by atoms with E-state index in [9.17, 15) is 15.0 Å². The Bertz CT molecular complexity index is 1190. The van der Waals surface area contributed by atoms with Crippen LogP contribution in [-0.2, 0) is 16.1 Å². The fourth-order valence-corrected chi connectivity index (χ4v) is 5.36. The minimum Gasteiger partial charge on any atom is -0.481 e. The van der Waals surface area contributed by atoms with Crippen molar-refractivity contribution in [1.29, 1.82) is 0 Å². The number of ether oxygens (including phenoxy) is 1. The lowest BCUT2D eigenvalue weighted by Crippen LogP contribution is -2.52. The van der Waals surface area contributed by atoms with E-state index in [0.717, 1.165) is 27.5 Å². The average Bonchev–Trinajstić information content (AvgIpc) is 2.83. The Morgan fingerprint density at radius 2 is 1.30 bits per heavy atom. The number of carbonyl (C=O) groups is 1. The Morgan fingerprint density at radius 3 is 1.91 bits per heavy atom. The average molecular weight is 439 g/mol. The molecule has 0 aromatic heterocycles. The van der Waals surface area contributed by atoms with Gasteiger partial charge >= 0.3 is 5.97 Å². The lowest BCUT2D eigenvalue weighted by Gasteiger charge is -2.52. The largest absolute Gasteiger partial charge is 0.481 e. The van der Waals surface area contributed by atoms with Crippen LogP contribution in [0.15, 0.2) is 103 Å². The predicted octanol–water partition coefficient (Wildman–Crippen LogP) is 5.57. The van der Waals surface area contributed by atoms with Crippen molar-refractivity contribution in [3.05, 3.63) is 120 Å². The first kappa shape index (κ1) is 21.4. The van der Waals surface area contributed by atoms with Crippen molar-refractivity contribution in [1.82, 2.24) is 0 Å². The molecule has 0 amide bonds. The molecule has 1 aliphatic carbocycles. The maximum Gasteiger partial charge on any atom is 0.307 e. The van der Waals surface area contributed by atoms with Crippen LogP contribution in [0.2, 0.25) is 0 Å². The molecule has 166 valence electrons. The highest BCUT2D eigenvalue weighted by molar-refractivity contribution is 5.85. The van der Waals surface area contributed by atoms with Crippen LogP contribution in [0.1, 0.15) is 28.5 Å². The molecule has 5 rings (SSSR count). The second-order valence-corrected chi connectivity index (χ2v) is 8.65. The van der Waals surface area contributed by atoms with Gasteiger partial charge < -0.3 is 14.9 Å². The van der Waals surface area contributed by atoms with Gasteiger partial charge in [0.25, 0.3) is 0 Å². The summed E-state index contributed by atoms with van der Waals surface area (Å²) in [5.74, 6) is -2.52. The molecule has 0 aliphatic heterocycles. The van der Waals surface area contributed by atoms with E-state index in [4.69, 9.17) is 4.74 Å². The maximum absolute atomic E-state index is 12.3. The summed E-state index contributed by atoms with van der Waals surface area (Å²) in [5.41, 5.74) is 2.82. The van der Waals surface area contributed by atoms with Crippen molar-refractivity contribution in [2.24, 2.45) is 11.8 Å². The second-order valence-electron chi connectivity index (χ2n) is 8.65. The molecule has 1 saturated carbocycles. The molecule has 4 nitrogen and oxygen atoms in total. The number of hydrogen-bond donors (Lipinski definition) is 2. The van der Waals surface area contributed by atoms with Gasteiger partial charge in [-0.2, -0.15) is 0 Å². The van der Waals surface area contributed by atoms with Crippen molar-refractivity contribution in [3.63, 3.8) is 0 Å². The monoisotopic (exact) mass is 438 g/mol. The second kappa shape index (κ2) is 9.18. The fraction of sp³-hybridized carbons (Fsp3) is 0.207. The summed E-state index contributed by atoms with van der Waals surface area (Å²) < 4.78 is 6.03. The van der Waals surface area contributed by atoms with Crippen molar-refractivity contribution in [2.45, 2.75) is 24.7 Å². The summed E-state index contributed by atoms with van der Waals surface area (Å²) in [6.07, 6.45) is -1.10. The zero-order valence-electron chi connectivity index (χ0n) is 18.1. The molecule has 0 saturated heterocycles. The molecular weight excluding hydrogens is 412 g/mol. The molecule has 33 heavy (non-hydrogen) atoms. The lowest BCUT2D eigenvalue weighted by molar-refractivity contribution is -0.193. The van der Waals surface area contributed by atoms with Gasteiger partial charge in [0.1, 0.15) is 0 Å². The predicted molar refractivity (Wildman–Crippen MR) is 128 cm³/mol. The van der Waals surface area contributed by atoms with Gasteiger partial charge in [-0.3, -0.25) is 4.79 Å². The number of rotatable bonds is 7. The Morgan fingerprint density at radius 1 is 0.758 bits per heavy atom. The van der Waals surface area contributed by atoms with Crippen LogP contribution < -0.4 is 0 Å². The molecular formula is C29H26O4. The number of fused-ring (bicyclic) bond motifs is 1. The van der Waals surface area contributed by atoms with Crippen molar-refractivity contribution in [2.75, 3.05) is 0 Å². The van der Waals surface area contributed by atoms with Crippen LogP contribution in [0, 0.1) is 11.8 Å². The summed E-state index contributed by atoms with van der Waals surface area (Å²) in [6, 6.07) is 33.3. The van der Waals surface area contributed by atoms with Crippen LogP contribution >= 0.6 is 0 Å². The molecule has 4 aromatic carbocycles. The first-order chi connectivity index (χ1) is 16.1. The van der Waals surface area contributed by atoms with Gasteiger partial charge in [0.15, 0.2) is 6.29 Å². The van der Waals surface area contributed by atoms with Crippen LogP contribution in [0.5, 0.6) is 0 Å². The molecule has 2 N–H and O–H groups in total. The highest BCUT2D eigenvalue weighted by Crippen LogP contribution is 2.59. The molecule has 0 bridgehead atoms. The fourth-order valence-electron chi connectivity index (χ4n) is 5.36. The molecule has 0 spiro atoms. The van der Waals surface area contributed by atoms with Crippen LogP contribution in [0.25, 0.3) is 10.8 Å². The molecule has 5 atom stereocenters. The number of hydrogen-bond acceptors (Lipinski definition) is 3. The minimum atomic E-state index is -1.10. The Hall–Kier alpha value is -3.47. The number of benzene rings is 4. The Balaban J connectivity index is 1.46. The smallest absolute Gasteiger partial charge is 0.307 e. The quantitative estimate of drug-likeness (QED) is 0.370. The molecule has 4 aromatic rings. The van der Waals surface area contributed by atoms with E-state index in [1.165, 1.54) is 0 Å². The SMILES string of the molecule is O=C(O)C1C(c2ccccc2)C([C@H](O)OCc2cccc3ccccc23)[C@@H]1c1ccccc1. The Kier molecular flexibility index (Phi) is 5.95. The van der Waals surface area contributed by atoms with E-state index in [-0.39, 0.29) is 24.4 Å². The number of aliphatic hydroxyl groups excluding tert-OH is 1.